The minimum absolute atomic E-state index is 0.0158. The predicted molar refractivity (Wildman–Crippen MR) is 92.8 cm³/mol. The van der Waals surface area contributed by atoms with Gasteiger partial charge in [-0.15, -0.1) is 0 Å². The van der Waals surface area contributed by atoms with Crippen LogP contribution >= 0.6 is 11.6 Å². The second-order valence-corrected chi connectivity index (χ2v) is 6.32. The van der Waals surface area contributed by atoms with Crippen molar-refractivity contribution in [1.82, 2.24) is 4.90 Å². The molecule has 128 valence electrons. The zero-order chi connectivity index (χ0) is 16.8. The summed E-state index contributed by atoms with van der Waals surface area (Å²) < 4.78 is 11.3. The van der Waals surface area contributed by atoms with E-state index < -0.39 is 0 Å². The smallest absolute Gasteiger partial charge is 0.254 e. The van der Waals surface area contributed by atoms with Crippen LogP contribution < -0.4 is 9.47 Å². The Labute approximate surface area is 143 Å². The van der Waals surface area contributed by atoms with E-state index in [4.69, 9.17) is 21.1 Å². The zero-order valence-electron chi connectivity index (χ0n) is 14.2. The zero-order valence-corrected chi connectivity index (χ0v) is 15.0. The van der Waals surface area contributed by atoms with Crippen LogP contribution in [0.3, 0.4) is 0 Å². The number of amides is 1. The largest absolute Gasteiger partial charge is 0.490 e. The number of halogens is 1. The minimum Gasteiger partial charge on any atom is -0.490 e. The monoisotopic (exact) mass is 339 g/mol. The standard InChI is InChI=1S/C18H26ClNO3/c1-4-10-23-17-15(19)11-14(12-16(17)22-5-2)18(21)20-9-7-6-8-13(20)3/h11-13H,4-10H2,1-3H3. The van der Waals surface area contributed by atoms with Crippen molar-refractivity contribution in [2.45, 2.75) is 52.5 Å². The van der Waals surface area contributed by atoms with Gasteiger partial charge in [-0.05, 0) is 51.7 Å². The molecule has 0 aromatic heterocycles. The number of rotatable bonds is 6. The number of benzene rings is 1. The lowest BCUT2D eigenvalue weighted by atomic mass is 10.0. The summed E-state index contributed by atoms with van der Waals surface area (Å²) in [4.78, 5) is 14.7. The first-order chi connectivity index (χ1) is 11.1. The minimum atomic E-state index is 0.0158. The van der Waals surface area contributed by atoms with E-state index in [1.807, 2.05) is 18.7 Å². The molecule has 1 aliphatic heterocycles. The SMILES string of the molecule is CCCOc1c(Cl)cc(C(=O)N2CCCCC2C)cc1OCC. The Bertz CT molecular complexity index is 547. The van der Waals surface area contributed by atoms with Gasteiger partial charge >= 0.3 is 0 Å². The molecule has 1 unspecified atom stereocenters. The van der Waals surface area contributed by atoms with Crippen molar-refractivity contribution in [3.05, 3.63) is 22.7 Å². The summed E-state index contributed by atoms with van der Waals surface area (Å²) in [5.74, 6) is 1.09. The van der Waals surface area contributed by atoms with E-state index in [0.29, 0.717) is 35.3 Å². The second-order valence-electron chi connectivity index (χ2n) is 5.91. The van der Waals surface area contributed by atoms with Gasteiger partial charge in [0.05, 0.1) is 18.2 Å². The summed E-state index contributed by atoms with van der Waals surface area (Å²) >= 11 is 6.35. The molecular weight excluding hydrogens is 314 g/mol. The van der Waals surface area contributed by atoms with Crippen molar-refractivity contribution in [1.29, 1.82) is 0 Å². The van der Waals surface area contributed by atoms with Crippen LogP contribution in [0, 0.1) is 0 Å². The maximum Gasteiger partial charge on any atom is 0.254 e. The average molecular weight is 340 g/mol. The summed E-state index contributed by atoms with van der Waals surface area (Å²) in [7, 11) is 0. The van der Waals surface area contributed by atoms with Gasteiger partial charge in [0.25, 0.3) is 5.91 Å². The van der Waals surface area contributed by atoms with Crippen LogP contribution in [0.2, 0.25) is 5.02 Å². The highest BCUT2D eigenvalue weighted by Gasteiger charge is 2.26. The fraction of sp³-hybridized carbons (Fsp3) is 0.611. The highest BCUT2D eigenvalue weighted by atomic mass is 35.5. The maximum atomic E-state index is 12.8. The van der Waals surface area contributed by atoms with Crippen LogP contribution in [-0.2, 0) is 0 Å². The normalized spacial score (nSPS) is 17.9. The average Bonchev–Trinajstić information content (AvgIpc) is 2.54. The third-order valence-electron chi connectivity index (χ3n) is 4.07. The fourth-order valence-electron chi connectivity index (χ4n) is 2.86. The molecule has 0 aliphatic carbocycles. The molecule has 1 amide bonds. The van der Waals surface area contributed by atoms with Crippen molar-refractivity contribution in [3.63, 3.8) is 0 Å². The van der Waals surface area contributed by atoms with Gasteiger partial charge in [0.2, 0.25) is 0 Å². The summed E-state index contributed by atoms with van der Waals surface area (Å²) in [6, 6.07) is 3.71. The van der Waals surface area contributed by atoms with Gasteiger partial charge in [0, 0.05) is 18.2 Å². The topological polar surface area (TPSA) is 38.8 Å². The second kappa shape index (κ2) is 8.44. The highest BCUT2D eigenvalue weighted by Crippen LogP contribution is 2.37. The molecular formula is C18H26ClNO3. The molecule has 0 N–H and O–H groups in total. The van der Waals surface area contributed by atoms with Gasteiger partial charge in [-0.3, -0.25) is 4.79 Å². The number of carbonyl (C=O) groups is 1. The maximum absolute atomic E-state index is 12.8. The number of piperidine rings is 1. The quantitative estimate of drug-likeness (QED) is 0.763. The molecule has 0 radical (unpaired) electrons. The Kier molecular flexibility index (Phi) is 6.58. The summed E-state index contributed by atoms with van der Waals surface area (Å²) in [6.45, 7) is 7.89. The van der Waals surface area contributed by atoms with Crippen LogP contribution in [0.4, 0.5) is 0 Å². The number of carbonyl (C=O) groups excluding carboxylic acids is 1. The first-order valence-corrected chi connectivity index (χ1v) is 8.86. The Balaban J connectivity index is 2.29. The molecule has 0 spiro atoms. The number of hydrogen-bond donors (Lipinski definition) is 0. The summed E-state index contributed by atoms with van der Waals surface area (Å²) in [5, 5.41) is 0.428. The van der Waals surface area contributed by atoms with Crippen LogP contribution in [0.1, 0.15) is 56.8 Å². The van der Waals surface area contributed by atoms with E-state index in [9.17, 15) is 4.79 Å². The van der Waals surface area contributed by atoms with Crippen LogP contribution in [0.25, 0.3) is 0 Å². The summed E-state index contributed by atoms with van der Waals surface area (Å²) in [6.07, 6.45) is 4.17. The van der Waals surface area contributed by atoms with Crippen LogP contribution in [0.5, 0.6) is 11.5 Å². The molecule has 1 heterocycles. The first-order valence-electron chi connectivity index (χ1n) is 8.48. The van der Waals surface area contributed by atoms with Gasteiger partial charge in [0.1, 0.15) is 0 Å². The first kappa shape index (κ1) is 17.9. The molecule has 0 saturated carbocycles. The number of ether oxygens (including phenoxy) is 2. The van der Waals surface area contributed by atoms with Crippen molar-refractivity contribution in [2.24, 2.45) is 0 Å². The number of likely N-dealkylation sites (tertiary alicyclic amines) is 1. The van der Waals surface area contributed by atoms with Crippen LogP contribution in [-0.4, -0.2) is 36.6 Å². The van der Waals surface area contributed by atoms with Gasteiger partial charge < -0.3 is 14.4 Å². The van der Waals surface area contributed by atoms with Crippen LogP contribution in [0.15, 0.2) is 12.1 Å². The van der Waals surface area contributed by atoms with Gasteiger partial charge in [-0.1, -0.05) is 18.5 Å². The lowest BCUT2D eigenvalue weighted by Gasteiger charge is -2.33. The van der Waals surface area contributed by atoms with E-state index in [2.05, 4.69) is 6.92 Å². The molecule has 0 bridgehead atoms. The molecule has 5 heteroatoms. The molecule has 1 aromatic carbocycles. The molecule has 4 nitrogen and oxygen atoms in total. The van der Waals surface area contributed by atoms with E-state index in [-0.39, 0.29) is 11.9 Å². The lowest BCUT2D eigenvalue weighted by Crippen LogP contribution is -2.42. The third kappa shape index (κ3) is 4.31. The number of nitrogens with zero attached hydrogens (tertiary/aromatic N) is 1. The van der Waals surface area contributed by atoms with E-state index in [1.165, 1.54) is 6.42 Å². The Morgan fingerprint density at radius 1 is 1.30 bits per heavy atom. The molecule has 1 aromatic rings. The molecule has 1 aliphatic rings. The molecule has 1 fully saturated rings. The van der Waals surface area contributed by atoms with Crippen molar-refractivity contribution < 1.29 is 14.3 Å². The van der Waals surface area contributed by atoms with E-state index in [0.717, 1.165) is 25.8 Å². The molecule has 1 saturated heterocycles. The van der Waals surface area contributed by atoms with E-state index in [1.54, 1.807) is 12.1 Å². The fourth-order valence-corrected chi connectivity index (χ4v) is 3.13. The van der Waals surface area contributed by atoms with E-state index >= 15 is 0 Å². The molecule has 1 atom stereocenters. The Morgan fingerprint density at radius 2 is 2.09 bits per heavy atom. The van der Waals surface area contributed by atoms with Crippen molar-refractivity contribution in [3.8, 4) is 11.5 Å². The third-order valence-corrected chi connectivity index (χ3v) is 4.35. The lowest BCUT2D eigenvalue weighted by molar-refractivity contribution is 0.0635. The predicted octanol–water partition coefficient (Wildman–Crippen LogP) is 4.54. The van der Waals surface area contributed by atoms with Gasteiger partial charge in [-0.2, -0.15) is 0 Å². The molecule has 23 heavy (non-hydrogen) atoms. The number of hydrogen-bond acceptors (Lipinski definition) is 3. The summed E-state index contributed by atoms with van der Waals surface area (Å²) in [5.41, 5.74) is 0.566. The Hall–Kier alpha value is -1.42. The highest BCUT2D eigenvalue weighted by molar-refractivity contribution is 6.32. The molecule has 2 rings (SSSR count). The van der Waals surface area contributed by atoms with Crippen molar-refractivity contribution >= 4 is 17.5 Å². The van der Waals surface area contributed by atoms with Gasteiger partial charge in [-0.25, -0.2) is 0 Å². The van der Waals surface area contributed by atoms with Gasteiger partial charge in [0.15, 0.2) is 11.5 Å². The Morgan fingerprint density at radius 3 is 2.74 bits per heavy atom. The van der Waals surface area contributed by atoms with Crippen molar-refractivity contribution in [2.75, 3.05) is 19.8 Å².